The summed E-state index contributed by atoms with van der Waals surface area (Å²) >= 11 is 0. The van der Waals surface area contributed by atoms with E-state index >= 15 is 4.39 Å². The van der Waals surface area contributed by atoms with Gasteiger partial charge >= 0.3 is 0 Å². The number of hydrogen-bond acceptors (Lipinski definition) is 1. The molecule has 1 heterocycles. The fourth-order valence-electron chi connectivity index (χ4n) is 4.31. The van der Waals surface area contributed by atoms with Crippen LogP contribution in [0.5, 0.6) is 0 Å². The SMILES string of the molecule is CCC(C)c1cc(C(C)(C)C)cc(C(C)(F)CCC(C)c2cc(C(C)(C)C)nc(C(C)(C)C)c2)c1. The minimum Gasteiger partial charge on any atom is -0.257 e. The minimum absolute atomic E-state index is 0.00859. The van der Waals surface area contributed by atoms with Crippen molar-refractivity contribution in [1.82, 2.24) is 4.98 Å². The lowest BCUT2D eigenvalue weighted by molar-refractivity contribution is 0.169. The number of pyridine rings is 1. The van der Waals surface area contributed by atoms with Crippen LogP contribution >= 0.6 is 0 Å². The second-order valence-corrected chi connectivity index (χ2v) is 14.2. The summed E-state index contributed by atoms with van der Waals surface area (Å²) in [7, 11) is 0. The molecule has 2 rings (SSSR count). The lowest BCUT2D eigenvalue weighted by Gasteiger charge is -2.29. The molecule has 0 bridgehead atoms. The Morgan fingerprint density at radius 2 is 1.11 bits per heavy atom. The van der Waals surface area contributed by atoms with Crippen molar-refractivity contribution in [1.29, 1.82) is 0 Å². The molecule has 35 heavy (non-hydrogen) atoms. The number of halogens is 1. The van der Waals surface area contributed by atoms with Crippen molar-refractivity contribution in [2.45, 2.75) is 143 Å². The quantitative estimate of drug-likeness (QED) is 0.383. The van der Waals surface area contributed by atoms with E-state index in [2.05, 4.69) is 113 Å². The Morgan fingerprint density at radius 1 is 0.657 bits per heavy atom. The van der Waals surface area contributed by atoms with Gasteiger partial charge in [-0.25, -0.2) is 4.39 Å². The maximum Gasteiger partial charge on any atom is 0.133 e. The Balaban J connectivity index is 2.39. The fourth-order valence-corrected chi connectivity index (χ4v) is 4.31. The summed E-state index contributed by atoms with van der Waals surface area (Å²) in [5.41, 5.74) is 5.38. The number of hydrogen-bond donors (Lipinski definition) is 0. The minimum atomic E-state index is -1.37. The van der Waals surface area contributed by atoms with Crippen molar-refractivity contribution in [3.8, 4) is 0 Å². The molecule has 1 nitrogen and oxygen atoms in total. The van der Waals surface area contributed by atoms with Crippen LogP contribution in [0.1, 0.15) is 155 Å². The zero-order valence-corrected chi connectivity index (χ0v) is 25.0. The highest BCUT2D eigenvalue weighted by molar-refractivity contribution is 5.38. The van der Waals surface area contributed by atoms with E-state index < -0.39 is 5.67 Å². The summed E-state index contributed by atoms with van der Waals surface area (Å²) in [5.74, 6) is 0.685. The van der Waals surface area contributed by atoms with Crippen LogP contribution in [0.4, 0.5) is 4.39 Å². The van der Waals surface area contributed by atoms with Gasteiger partial charge in [0.25, 0.3) is 0 Å². The van der Waals surface area contributed by atoms with Crippen LogP contribution in [0.25, 0.3) is 0 Å². The largest absolute Gasteiger partial charge is 0.257 e. The van der Waals surface area contributed by atoms with Gasteiger partial charge in [0.15, 0.2) is 0 Å². The van der Waals surface area contributed by atoms with Crippen molar-refractivity contribution in [3.05, 3.63) is 64.0 Å². The molecule has 196 valence electrons. The molecule has 1 aromatic heterocycles. The van der Waals surface area contributed by atoms with Gasteiger partial charge in [-0.1, -0.05) is 101 Å². The molecule has 0 aliphatic heterocycles. The number of aromatic nitrogens is 1. The molecule has 0 amide bonds. The molecule has 0 fully saturated rings. The standard InChI is InChI=1S/C33H52FN/c1-14-22(2)24-17-26(30(4,5)6)21-27(18-24)33(13,34)16-15-23(3)25-19-28(31(7,8)9)35-29(20-25)32(10,11)12/h17-23H,14-16H2,1-13H3. The average molecular weight is 482 g/mol. The van der Waals surface area contributed by atoms with E-state index in [0.29, 0.717) is 12.3 Å². The first-order valence-corrected chi connectivity index (χ1v) is 13.6. The molecule has 0 spiro atoms. The van der Waals surface area contributed by atoms with Gasteiger partial charge in [-0.15, -0.1) is 0 Å². The van der Waals surface area contributed by atoms with Crippen molar-refractivity contribution >= 4 is 0 Å². The third-order valence-corrected chi connectivity index (χ3v) is 7.61. The van der Waals surface area contributed by atoms with Crippen molar-refractivity contribution in [2.75, 3.05) is 0 Å². The Morgan fingerprint density at radius 3 is 1.54 bits per heavy atom. The maximum absolute atomic E-state index is 16.3. The molecule has 0 saturated heterocycles. The first-order chi connectivity index (χ1) is 15.8. The number of alkyl halides is 1. The Kier molecular flexibility index (Phi) is 8.73. The summed E-state index contributed by atoms with van der Waals surface area (Å²) in [4.78, 5) is 5.01. The second-order valence-electron chi connectivity index (χ2n) is 14.2. The van der Waals surface area contributed by atoms with E-state index in [1.54, 1.807) is 6.92 Å². The smallest absolute Gasteiger partial charge is 0.133 e. The average Bonchev–Trinajstić information content (AvgIpc) is 2.74. The van der Waals surface area contributed by atoms with E-state index in [4.69, 9.17) is 4.98 Å². The van der Waals surface area contributed by atoms with Crippen LogP contribution in [0.2, 0.25) is 0 Å². The van der Waals surface area contributed by atoms with Crippen molar-refractivity contribution < 1.29 is 4.39 Å². The van der Waals surface area contributed by atoms with Crippen LogP contribution in [-0.2, 0) is 21.9 Å². The van der Waals surface area contributed by atoms with Crippen LogP contribution in [0.3, 0.4) is 0 Å². The van der Waals surface area contributed by atoms with Gasteiger partial charge in [0.1, 0.15) is 5.67 Å². The van der Waals surface area contributed by atoms with Gasteiger partial charge in [0, 0.05) is 22.2 Å². The Hall–Kier alpha value is -1.70. The molecule has 1 aromatic carbocycles. The topological polar surface area (TPSA) is 12.9 Å². The summed E-state index contributed by atoms with van der Waals surface area (Å²) in [6, 6.07) is 11.0. The predicted molar refractivity (Wildman–Crippen MR) is 152 cm³/mol. The number of nitrogens with zero attached hydrogens (tertiary/aromatic N) is 1. The first-order valence-electron chi connectivity index (χ1n) is 13.6. The molecule has 3 unspecified atom stereocenters. The lowest BCUT2D eigenvalue weighted by atomic mass is 9.79. The number of benzene rings is 1. The molecular formula is C33H52FN. The third kappa shape index (κ3) is 7.64. The number of rotatable bonds is 7. The van der Waals surface area contributed by atoms with Gasteiger partial charge in [0.2, 0.25) is 0 Å². The van der Waals surface area contributed by atoms with E-state index in [9.17, 15) is 0 Å². The van der Waals surface area contributed by atoms with Crippen LogP contribution < -0.4 is 0 Å². The molecule has 0 aliphatic rings. The molecule has 0 saturated carbocycles. The summed E-state index contributed by atoms with van der Waals surface area (Å²) in [6.45, 7) is 28.4. The fraction of sp³-hybridized carbons (Fsp3) is 0.667. The summed E-state index contributed by atoms with van der Waals surface area (Å²) in [6.07, 6.45) is 2.35. The molecule has 2 aromatic rings. The van der Waals surface area contributed by atoms with Crippen molar-refractivity contribution in [3.63, 3.8) is 0 Å². The van der Waals surface area contributed by atoms with E-state index in [1.807, 2.05) is 0 Å². The predicted octanol–water partition coefficient (Wildman–Crippen LogP) is 10.3. The highest BCUT2D eigenvalue weighted by Gasteiger charge is 2.30. The van der Waals surface area contributed by atoms with Gasteiger partial charge in [0.05, 0.1) is 0 Å². The van der Waals surface area contributed by atoms with Crippen LogP contribution in [0, 0.1) is 0 Å². The van der Waals surface area contributed by atoms with E-state index in [1.165, 1.54) is 16.7 Å². The first kappa shape index (κ1) is 29.5. The van der Waals surface area contributed by atoms with Gasteiger partial charge < -0.3 is 0 Å². The monoisotopic (exact) mass is 481 g/mol. The van der Waals surface area contributed by atoms with Gasteiger partial charge in [-0.2, -0.15) is 0 Å². The molecule has 0 radical (unpaired) electrons. The van der Waals surface area contributed by atoms with Crippen molar-refractivity contribution in [2.24, 2.45) is 0 Å². The zero-order chi connectivity index (χ0) is 27.0. The highest BCUT2D eigenvalue weighted by Crippen LogP contribution is 2.39. The normalized spacial score (nSPS) is 16.6. The van der Waals surface area contributed by atoms with E-state index in [0.717, 1.165) is 29.8 Å². The maximum atomic E-state index is 16.3. The van der Waals surface area contributed by atoms with Crippen LogP contribution in [-0.4, -0.2) is 4.98 Å². The third-order valence-electron chi connectivity index (χ3n) is 7.61. The summed E-state index contributed by atoms with van der Waals surface area (Å²) < 4.78 is 16.3. The Bertz CT molecular complexity index is 963. The second kappa shape index (κ2) is 10.3. The lowest BCUT2D eigenvalue weighted by Crippen LogP contribution is -2.22. The molecule has 2 heteroatoms. The highest BCUT2D eigenvalue weighted by atomic mass is 19.1. The molecule has 0 N–H and O–H groups in total. The van der Waals surface area contributed by atoms with Gasteiger partial charge in [-0.3, -0.25) is 4.98 Å². The Labute approximate surface area is 216 Å². The molecule has 0 aliphatic carbocycles. The summed E-state index contributed by atoms with van der Waals surface area (Å²) in [5, 5.41) is 0. The van der Waals surface area contributed by atoms with Gasteiger partial charge in [-0.05, 0) is 77.8 Å². The molecular weight excluding hydrogens is 429 g/mol. The zero-order valence-electron chi connectivity index (χ0n) is 25.0. The molecule has 3 atom stereocenters. The van der Waals surface area contributed by atoms with Crippen LogP contribution in [0.15, 0.2) is 30.3 Å². The van der Waals surface area contributed by atoms with E-state index in [-0.39, 0.29) is 22.2 Å².